The Morgan fingerprint density at radius 1 is 1.50 bits per heavy atom. The lowest BCUT2D eigenvalue weighted by atomic mass is 9.90. The van der Waals surface area contributed by atoms with Crippen LogP contribution in [0.2, 0.25) is 0 Å². The largest absolute Gasteiger partial charge is 0.351 e. The van der Waals surface area contributed by atoms with Gasteiger partial charge in [-0.2, -0.15) is 0 Å². The standard InChI is InChI=1S/C13H22N2O/c1-13(6-8-14-9-7-13)15-12(16)10-11-4-2-3-5-11/h2,4,11,14H,3,5-10H2,1H3,(H,15,16). The lowest BCUT2D eigenvalue weighted by Gasteiger charge is -2.35. The quantitative estimate of drug-likeness (QED) is 0.712. The van der Waals surface area contributed by atoms with E-state index in [0.29, 0.717) is 12.3 Å². The van der Waals surface area contributed by atoms with Crippen molar-refractivity contribution in [3.8, 4) is 0 Å². The van der Waals surface area contributed by atoms with Crippen molar-refractivity contribution in [2.24, 2.45) is 5.92 Å². The summed E-state index contributed by atoms with van der Waals surface area (Å²) in [4.78, 5) is 11.9. The lowest BCUT2D eigenvalue weighted by Crippen LogP contribution is -2.52. The summed E-state index contributed by atoms with van der Waals surface area (Å²) >= 11 is 0. The van der Waals surface area contributed by atoms with Gasteiger partial charge in [0.15, 0.2) is 0 Å². The van der Waals surface area contributed by atoms with Crippen LogP contribution in [-0.4, -0.2) is 24.5 Å². The van der Waals surface area contributed by atoms with E-state index < -0.39 is 0 Å². The summed E-state index contributed by atoms with van der Waals surface area (Å²) < 4.78 is 0. The van der Waals surface area contributed by atoms with E-state index in [1.165, 1.54) is 0 Å². The Morgan fingerprint density at radius 2 is 2.25 bits per heavy atom. The van der Waals surface area contributed by atoms with E-state index in [1.54, 1.807) is 0 Å². The molecule has 2 aliphatic rings. The highest BCUT2D eigenvalue weighted by molar-refractivity contribution is 5.77. The van der Waals surface area contributed by atoms with Gasteiger partial charge < -0.3 is 10.6 Å². The van der Waals surface area contributed by atoms with Crippen molar-refractivity contribution in [3.63, 3.8) is 0 Å². The molecular weight excluding hydrogens is 200 g/mol. The maximum atomic E-state index is 11.9. The number of carbonyl (C=O) groups is 1. The third kappa shape index (κ3) is 3.08. The van der Waals surface area contributed by atoms with Gasteiger partial charge in [0.2, 0.25) is 5.91 Å². The van der Waals surface area contributed by atoms with E-state index in [-0.39, 0.29) is 11.4 Å². The molecule has 0 radical (unpaired) electrons. The predicted octanol–water partition coefficient (Wildman–Crippen LogP) is 1.60. The van der Waals surface area contributed by atoms with Crippen LogP contribution >= 0.6 is 0 Å². The first-order chi connectivity index (χ1) is 7.68. The van der Waals surface area contributed by atoms with Gasteiger partial charge in [-0.3, -0.25) is 4.79 Å². The van der Waals surface area contributed by atoms with Crippen molar-refractivity contribution in [1.29, 1.82) is 0 Å². The summed E-state index contributed by atoms with van der Waals surface area (Å²) in [6, 6.07) is 0. The molecule has 1 unspecified atom stereocenters. The van der Waals surface area contributed by atoms with Crippen LogP contribution < -0.4 is 10.6 Å². The van der Waals surface area contributed by atoms with E-state index >= 15 is 0 Å². The fraction of sp³-hybridized carbons (Fsp3) is 0.769. The van der Waals surface area contributed by atoms with Crippen LogP contribution in [0, 0.1) is 5.92 Å². The normalized spacial score (nSPS) is 27.9. The first-order valence-electron chi connectivity index (χ1n) is 6.36. The number of piperidine rings is 1. The second kappa shape index (κ2) is 5.00. The van der Waals surface area contributed by atoms with E-state index in [1.807, 2.05) is 0 Å². The van der Waals surface area contributed by atoms with Crippen molar-refractivity contribution < 1.29 is 4.79 Å². The number of carbonyl (C=O) groups excluding carboxylic acids is 1. The van der Waals surface area contributed by atoms with E-state index in [0.717, 1.165) is 38.8 Å². The molecule has 1 aliphatic heterocycles. The highest BCUT2D eigenvalue weighted by Crippen LogP contribution is 2.22. The molecule has 0 aromatic carbocycles. The number of nitrogens with one attached hydrogen (secondary N) is 2. The highest BCUT2D eigenvalue weighted by Gasteiger charge is 2.28. The third-order valence-corrected chi connectivity index (χ3v) is 3.71. The minimum Gasteiger partial charge on any atom is -0.351 e. The van der Waals surface area contributed by atoms with Crippen LogP contribution in [0.1, 0.15) is 39.0 Å². The molecule has 1 atom stereocenters. The smallest absolute Gasteiger partial charge is 0.221 e. The molecule has 2 N–H and O–H groups in total. The second-order valence-electron chi connectivity index (χ2n) is 5.33. The molecule has 0 saturated carbocycles. The Kier molecular flexibility index (Phi) is 3.64. The van der Waals surface area contributed by atoms with Crippen molar-refractivity contribution >= 4 is 5.91 Å². The fourth-order valence-corrected chi connectivity index (χ4v) is 2.59. The van der Waals surface area contributed by atoms with Gasteiger partial charge in [-0.1, -0.05) is 12.2 Å². The molecule has 1 saturated heterocycles. The van der Waals surface area contributed by atoms with Crippen LogP contribution in [0.15, 0.2) is 12.2 Å². The number of hydrogen-bond acceptors (Lipinski definition) is 2. The predicted molar refractivity (Wildman–Crippen MR) is 65.1 cm³/mol. The highest BCUT2D eigenvalue weighted by atomic mass is 16.1. The maximum absolute atomic E-state index is 11.9. The molecule has 90 valence electrons. The van der Waals surface area contributed by atoms with Gasteiger partial charge in [-0.05, 0) is 51.6 Å². The van der Waals surface area contributed by atoms with Gasteiger partial charge in [0.25, 0.3) is 0 Å². The summed E-state index contributed by atoms with van der Waals surface area (Å²) in [6.07, 6.45) is 9.40. The van der Waals surface area contributed by atoms with Crippen LogP contribution in [0.3, 0.4) is 0 Å². The van der Waals surface area contributed by atoms with Crippen LogP contribution in [0.5, 0.6) is 0 Å². The summed E-state index contributed by atoms with van der Waals surface area (Å²) in [6.45, 7) is 4.19. The summed E-state index contributed by atoms with van der Waals surface area (Å²) in [5.74, 6) is 0.700. The van der Waals surface area contributed by atoms with Crippen molar-refractivity contribution in [2.45, 2.75) is 44.6 Å². The van der Waals surface area contributed by atoms with Crippen LogP contribution in [-0.2, 0) is 4.79 Å². The van der Waals surface area contributed by atoms with Gasteiger partial charge >= 0.3 is 0 Å². The molecular formula is C13H22N2O. The Morgan fingerprint density at radius 3 is 2.88 bits per heavy atom. The summed E-state index contributed by atoms with van der Waals surface area (Å²) in [5.41, 5.74) is 0.0185. The zero-order chi connectivity index (χ0) is 11.4. The number of allylic oxidation sites excluding steroid dienone is 2. The van der Waals surface area contributed by atoms with Crippen molar-refractivity contribution in [1.82, 2.24) is 10.6 Å². The molecule has 3 nitrogen and oxygen atoms in total. The Bertz CT molecular complexity index is 280. The van der Waals surface area contributed by atoms with E-state index in [9.17, 15) is 4.79 Å². The molecule has 1 aliphatic carbocycles. The lowest BCUT2D eigenvalue weighted by molar-refractivity contribution is -0.123. The third-order valence-electron chi connectivity index (χ3n) is 3.71. The number of hydrogen-bond donors (Lipinski definition) is 2. The number of rotatable bonds is 3. The fourth-order valence-electron chi connectivity index (χ4n) is 2.59. The zero-order valence-corrected chi connectivity index (χ0v) is 10.1. The van der Waals surface area contributed by atoms with E-state index in [4.69, 9.17) is 0 Å². The minimum atomic E-state index is 0.0185. The summed E-state index contributed by atoms with van der Waals surface area (Å²) in [7, 11) is 0. The van der Waals surface area contributed by atoms with Crippen molar-refractivity contribution in [3.05, 3.63) is 12.2 Å². The first kappa shape index (κ1) is 11.6. The molecule has 0 bridgehead atoms. The molecule has 0 spiro atoms. The topological polar surface area (TPSA) is 41.1 Å². The minimum absolute atomic E-state index is 0.0185. The molecule has 1 fully saturated rings. The Balaban J connectivity index is 1.79. The summed E-state index contributed by atoms with van der Waals surface area (Å²) in [5, 5.41) is 6.53. The molecule has 2 rings (SSSR count). The average Bonchev–Trinajstić information content (AvgIpc) is 2.70. The Labute approximate surface area is 97.7 Å². The molecule has 0 aromatic heterocycles. The molecule has 3 heteroatoms. The SMILES string of the molecule is CC1(NC(=O)CC2C=CCC2)CCNCC1. The number of amides is 1. The molecule has 1 heterocycles. The van der Waals surface area contributed by atoms with Gasteiger partial charge in [0.05, 0.1) is 0 Å². The Hall–Kier alpha value is -0.830. The van der Waals surface area contributed by atoms with Gasteiger partial charge in [0.1, 0.15) is 0 Å². The molecule has 1 amide bonds. The average molecular weight is 222 g/mol. The van der Waals surface area contributed by atoms with Gasteiger partial charge in [0, 0.05) is 12.0 Å². The molecule has 0 aromatic rings. The monoisotopic (exact) mass is 222 g/mol. The second-order valence-corrected chi connectivity index (χ2v) is 5.33. The molecule has 16 heavy (non-hydrogen) atoms. The zero-order valence-electron chi connectivity index (χ0n) is 10.1. The van der Waals surface area contributed by atoms with Gasteiger partial charge in [-0.15, -0.1) is 0 Å². The van der Waals surface area contributed by atoms with Crippen LogP contribution in [0.25, 0.3) is 0 Å². The van der Waals surface area contributed by atoms with E-state index in [2.05, 4.69) is 29.7 Å². The maximum Gasteiger partial charge on any atom is 0.221 e. The van der Waals surface area contributed by atoms with Crippen molar-refractivity contribution in [2.75, 3.05) is 13.1 Å². The van der Waals surface area contributed by atoms with Gasteiger partial charge in [-0.25, -0.2) is 0 Å². The first-order valence-corrected chi connectivity index (χ1v) is 6.36. The van der Waals surface area contributed by atoms with Crippen LogP contribution in [0.4, 0.5) is 0 Å².